The number of nitrogens with zero attached hydrogens (tertiary/aromatic N) is 1. The molecule has 1 aliphatic heterocycles. The monoisotopic (exact) mass is 302 g/mol. The third-order valence-electron chi connectivity index (χ3n) is 2.91. The largest absolute Gasteiger partial charge is 0.380 e. The molecule has 1 saturated heterocycles. The fraction of sp³-hybridized carbons (Fsp3) is 0.500. The van der Waals surface area contributed by atoms with Crippen molar-refractivity contribution in [2.45, 2.75) is 18.9 Å². The molecule has 2 rings (SSSR count). The van der Waals surface area contributed by atoms with Crippen LogP contribution in [0.4, 0.5) is 5.69 Å². The Morgan fingerprint density at radius 1 is 1.50 bits per heavy atom. The maximum atomic E-state index is 6.15. The zero-order chi connectivity index (χ0) is 11.5. The van der Waals surface area contributed by atoms with E-state index in [-0.39, 0.29) is 0 Å². The Labute approximate surface area is 110 Å². The Kier molecular flexibility index (Phi) is 4.11. The van der Waals surface area contributed by atoms with E-state index < -0.39 is 0 Å². The summed E-state index contributed by atoms with van der Waals surface area (Å²) in [7, 11) is 2.16. The molecule has 1 fully saturated rings. The fourth-order valence-corrected chi connectivity index (χ4v) is 2.65. The minimum absolute atomic E-state index is 0.505. The second-order valence-corrected chi connectivity index (χ2v) is 5.69. The number of benzene rings is 1. The summed E-state index contributed by atoms with van der Waals surface area (Å²) in [4.78, 5) is 2.35. The van der Waals surface area contributed by atoms with Crippen molar-refractivity contribution in [3.63, 3.8) is 0 Å². The number of hydrogen-bond donors (Lipinski definition) is 1. The molecule has 0 aromatic heterocycles. The van der Waals surface area contributed by atoms with Crippen molar-refractivity contribution in [3.8, 4) is 0 Å². The normalized spacial score (nSPS) is 22.1. The van der Waals surface area contributed by atoms with Crippen LogP contribution in [0.5, 0.6) is 0 Å². The highest BCUT2D eigenvalue weighted by atomic mass is 79.9. The number of likely N-dealkylation sites (N-methyl/N-ethyl adjacent to an activating group) is 1. The van der Waals surface area contributed by atoms with Gasteiger partial charge in [0.05, 0.1) is 10.7 Å². The fourth-order valence-electron chi connectivity index (χ4n) is 2.11. The molecule has 0 amide bonds. The highest BCUT2D eigenvalue weighted by molar-refractivity contribution is 9.10. The molecule has 0 aliphatic carbocycles. The predicted molar refractivity (Wildman–Crippen MR) is 73.3 cm³/mol. The molecular formula is C12H16BrClN2. The van der Waals surface area contributed by atoms with Gasteiger partial charge in [0.15, 0.2) is 0 Å². The quantitative estimate of drug-likeness (QED) is 0.898. The van der Waals surface area contributed by atoms with E-state index in [2.05, 4.69) is 33.2 Å². The minimum Gasteiger partial charge on any atom is -0.380 e. The first-order chi connectivity index (χ1) is 7.65. The predicted octanol–water partition coefficient (Wildman–Crippen LogP) is 3.61. The minimum atomic E-state index is 0.505. The van der Waals surface area contributed by atoms with Gasteiger partial charge in [-0.2, -0.15) is 0 Å². The van der Waals surface area contributed by atoms with Crippen molar-refractivity contribution in [3.05, 3.63) is 27.7 Å². The summed E-state index contributed by atoms with van der Waals surface area (Å²) in [6.45, 7) is 2.28. The van der Waals surface area contributed by atoms with Crippen molar-refractivity contribution in [2.24, 2.45) is 0 Å². The van der Waals surface area contributed by atoms with Gasteiger partial charge in [-0.1, -0.05) is 27.5 Å². The molecule has 0 bridgehead atoms. The molecule has 1 atom stereocenters. The van der Waals surface area contributed by atoms with E-state index in [1.54, 1.807) is 0 Å². The number of piperidine rings is 1. The Morgan fingerprint density at radius 2 is 2.31 bits per heavy atom. The van der Waals surface area contributed by atoms with Gasteiger partial charge in [0.1, 0.15) is 0 Å². The van der Waals surface area contributed by atoms with Crippen molar-refractivity contribution < 1.29 is 0 Å². The molecule has 1 N–H and O–H groups in total. The maximum absolute atomic E-state index is 6.15. The summed E-state index contributed by atoms with van der Waals surface area (Å²) in [5.41, 5.74) is 1.02. The van der Waals surface area contributed by atoms with Gasteiger partial charge < -0.3 is 10.2 Å². The summed E-state index contributed by atoms with van der Waals surface area (Å²) in [6, 6.07) is 6.42. The molecule has 1 aromatic rings. The van der Waals surface area contributed by atoms with Gasteiger partial charge in [-0.25, -0.2) is 0 Å². The summed E-state index contributed by atoms with van der Waals surface area (Å²) in [5, 5.41) is 4.31. The second-order valence-electron chi connectivity index (χ2n) is 4.37. The Hall–Kier alpha value is -0.250. The highest BCUT2D eigenvalue weighted by Gasteiger charge is 2.17. The standard InChI is InChI=1S/C12H16BrClN2/c1-16-6-2-3-10(8-16)15-12-7-9(13)4-5-11(12)14/h4-5,7,10,15H,2-3,6,8H2,1H3. The zero-order valence-corrected chi connectivity index (χ0v) is 11.7. The van der Waals surface area contributed by atoms with Crippen LogP contribution in [0.3, 0.4) is 0 Å². The van der Waals surface area contributed by atoms with Crippen LogP contribution in [-0.2, 0) is 0 Å². The van der Waals surface area contributed by atoms with Gasteiger partial charge >= 0.3 is 0 Å². The van der Waals surface area contributed by atoms with Crippen LogP contribution in [0.25, 0.3) is 0 Å². The smallest absolute Gasteiger partial charge is 0.0638 e. The molecule has 1 unspecified atom stereocenters. The van der Waals surface area contributed by atoms with Gasteiger partial charge in [0, 0.05) is 17.1 Å². The van der Waals surface area contributed by atoms with Gasteiger partial charge in [0.2, 0.25) is 0 Å². The summed E-state index contributed by atoms with van der Waals surface area (Å²) in [6.07, 6.45) is 2.47. The maximum Gasteiger partial charge on any atom is 0.0638 e. The average molecular weight is 304 g/mol. The molecule has 4 heteroatoms. The lowest BCUT2D eigenvalue weighted by atomic mass is 10.1. The van der Waals surface area contributed by atoms with E-state index in [1.165, 1.54) is 19.4 Å². The molecule has 1 aliphatic rings. The number of halogens is 2. The first kappa shape index (κ1) is 12.2. The number of nitrogens with one attached hydrogen (secondary N) is 1. The van der Waals surface area contributed by atoms with Gasteiger partial charge in [-0.05, 0) is 44.6 Å². The summed E-state index contributed by atoms with van der Waals surface area (Å²) < 4.78 is 1.06. The van der Waals surface area contributed by atoms with E-state index in [0.29, 0.717) is 6.04 Å². The third-order valence-corrected chi connectivity index (χ3v) is 3.74. The average Bonchev–Trinajstić information content (AvgIpc) is 2.24. The lowest BCUT2D eigenvalue weighted by Crippen LogP contribution is -2.39. The Balaban J connectivity index is 2.05. The molecule has 1 aromatic carbocycles. The second kappa shape index (κ2) is 5.39. The number of rotatable bonds is 2. The van der Waals surface area contributed by atoms with Crippen molar-refractivity contribution in [2.75, 3.05) is 25.5 Å². The van der Waals surface area contributed by atoms with Gasteiger partial charge in [0.25, 0.3) is 0 Å². The van der Waals surface area contributed by atoms with Crippen LogP contribution in [-0.4, -0.2) is 31.1 Å². The van der Waals surface area contributed by atoms with Crippen LogP contribution in [0.1, 0.15) is 12.8 Å². The Morgan fingerprint density at radius 3 is 3.06 bits per heavy atom. The first-order valence-corrected chi connectivity index (χ1v) is 6.72. The Bertz CT molecular complexity index is 370. The molecule has 1 heterocycles. The van der Waals surface area contributed by atoms with E-state index in [4.69, 9.17) is 11.6 Å². The lowest BCUT2D eigenvalue weighted by molar-refractivity contribution is 0.261. The molecule has 16 heavy (non-hydrogen) atoms. The molecule has 0 saturated carbocycles. The van der Waals surface area contributed by atoms with Crippen molar-refractivity contribution in [1.82, 2.24) is 4.90 Å². The first-order valence-electron chi connectivity index (χ1n) is 5.55. The van der Waals surface area contributed by atoms with Crippen molar-refractivity contribution in [1.29, 1.82) is 0 Å². The number of hydrogen-bond acceptors (Lipinski definition) is 2. The molecular weight excluding hydrogens is 288 g/mol. The van der Waals surface area contributed by atoms with Crippen LogP contribution in [0.2, 0.25) is 5.02 Å². The third kappa shape index (κ3) is 3.12. The SMILES string of the molecule is CN1CCCC(Nc2cc(Br)ccc2Cl)C1. The van der Waals surface area contributed by atoms with Crippen LogP contribution >= 0.6 is 27.5 Å². The van der Waals surface area contributed by atoms with Gasteiger partial charge in [-0.15, -0.1) is 0 Å². The molecule has 0 radical (unpaired) electrons. The van der Waals surface area contributed by atoms with E-state index in [9.17, 15) is 0 Å². The molecule has 88 valence electrons. The number of likely N-dealkylation sites (tertiary alicyclic amines) is 1. The van der Waals surface area contributed by atoms with Crippen LogP contribution < -0.4 is 5.32 Å². The molecule has 2 nitrogen and oxygen atoms in total. The topological polar surface area (TPSA) is 15.3 Å². The highest BCUT2D eigenvalue weighted by Crippen LogP contribution is 2.27. The van der Waals surface area contributed by atoms with Gasteiger partial charge in [-0.3, -0.25) is 0 Å². The summed E-state index contributed by atoms with van der Waals surface area (Å²) in [5.74, 6) is 0. The van der Waals surface area contributed by atoms with E-state index in [1.807, 2.05) is 18.2 Å². The number of anilines is 1. The van der Waals surface area contributed by atoms with Crippen LogP contribution in [0.15, 0.2) is 22.7 Å². The molecule has 0 spiro atoms. The van der Waals surface area contributed by atoms with E-state index >= 15 is 0 Å². The van der Waals surface area contributed by atoms with Crippen molar-refractivity contribution >= 4 is 33.2 Å². The zero-order valence-electron chi connectivity index (χ0n) is 9.34. The van der Waals surface area contributed by atoms with Crippen LogP contribution in [0, 0.1) is 0 Å². The van der Waals surface area contributed by atoms with E-state index in [0.717, 1.165) is 21.7 Å². The summed E-state index contributed by atoms with van der Waals surface area (Å²) >= 11 is 9.62. The lowest BCUT2D eigenvalue weighted by Gasteiger charge is -2.31.